The first-order valence-electron chi connectivity index (χ1n) is 5.76. The summed E-state index contributed by atoms with van der Waals surface area (Å²) in [6.45, 7) is 2.27. The molecule has 0 unspecified atom stereocenters. The summed E-state index contributed by atoms with van der Waals surface area (Å²) in [6, 6.07) is 0. The summed E-state index contributed by atoms with van der Waals surface area (Å²) in [6.07, 6.45) is 8.49. The van der Waals surface area contributed by atoms with Crippen LogP contribution in [0.3, 0.4) is 0 Å². The van der Waals surface area contributed by atoms with Crippen LogP contribution in [-0.2, 0) is 11.2 Å². The van der Waals surface area contributed by atoms with E-state index in [1.807, 2.05) is 0 Å². The van der Waals surface area contributed by atoms with Crippen molar-refractivity contribution in [1.29, 1.82) is 0 Å². The summed E-state index contributed by atoms with van der Waals surface area (Å²) in [7, 11) is 0. The molecule has 0 radical (unpaired) electrons. The summed E-state index contributed by atoms with van der Waals surface area (Å²) in [4.78, 5) is 19.0. The van der Waals surface area contributed by atoms with E-state index in [0.717, 1.165) is 24.6 Å². The van der Waals surface area contributed by atoms with Crippen molar-refractivity contribution in [3.05, 3.63) is 18.2 Å². The van der Waals surface area contributed by atoms with Crippen LogP contribution in [0, 0.1) is 11.8 Å². The van der Waals surface area contributed by atoms with Gasteiger partial charge >= 0.3 is 0 Å². The number of carbonyl (C=O) groups is 1. The molecule has 1 N–H and O–H groups in total. The molecule has 82 valence electrons. The predicted molar refractivity (Wildman–Crippen MR) is 58.4 cm³/mol. The Morgan fingerprint density at radius 3 is 2.80 bits per heavy atom. The Labute approximate surface area is 90.3 Å². The van der Waals surface area contributed by atoms with E-state index in [2.05, 4.69) is 16.9 Å². The van der Waals surface area contributed by atoms with Gasteiger partial charge in [-0.25, -0.2) is 4.98 Å². The molecule has 0 amide bonds. The van der Waals surface area contributed by atoms with Gasteiger partial charge in [-0.05, 0) is 18.8 Å². The number of hydrogen-bond donors (Lipinski definition) is 1. The van der Waals surface area contributed by atoms with E-state index in [9.17, 15) is 4.79 Å². The number of imidazole rings is 1. The molecule has 1 aromatic heterocycles. The number of aromatic amines is 1. The summed E-state index contributed by atoms with van der Waals surface area (Å²) in [5.74, 6) is 2.25. The van der Waals surface area contributed by atoms with Crippen molar-refractivity contribution in [2.75, 3.05) is 0 Å². The van der Waals surface area contributed by atoms with E-state index < -0.39 is 0 Å². The average molecular weight is 206 g/mol. The largest absolute Gasteiger partial charge is 0.348 e. The molecule has 2 rings (SSSR count). The summed E-state index contributed by atoms with van der Waals surface area (Å²) >= 11 is 0. The first-order chi connectivity index (χ1) is 7.25. The quantitative estimate of drug-likeness (QED) is 0.825. The van der Waals surface area contributed by atoms with E-state index in [1.165, 1.54) is 12.8 Å². The minimum Gasteiger partial charge on any atom is -0.348 e. The molecule has 3 nitrogen and oxygen atoms in total. The van der Waals surface area contributed by atoms with Crippen LogP contribution in [-0.4, -0.2) is 15.8 Å². The Morgan fingerprint density at radius 2 is 2.20 bits per heavy atom. The second-order valence-corrected chi connectivity index (χ2v) is 4.64. The lowest BCUT2D eigenvalue weighted by Gasteiger charge is -2.24. The average Bonchev–Trinajstić information content (AvgIpc) is 2.71. The lowest BCUT2D eigenvalue weighted by molar-refractivity contribution is -0.123. The minimum absolute atomic E-state index is 0.284. The fourth-order valence-electron chi connectivity index (χ4n) is 2.29. The maximum Gasteiger partial charge on any atom is 0.143 e. The fraction of sp³-hybridized carbons (Fsp3) is 0.667. The molecule has 1 aromatic rings. The van der Waals surface area contributed by atoms with Crippen LogP contribution in [0.25, 0.3) is 0 Å². The number of H-pyrrole nitrogens is 1. The fourth-order valence-corrected chi connectivity index (χ4v) is 2.29. The molecule has 0 aliphatic heterocycles. The third kappa shape index (κ3) is 2.67. The van der Waals surface area contributed by atoms with Crippen molar-refractivity contribution in [3.63, 3.8) is 0 Å². The van der Waals surface area contributed by atoms with Crippen LogP contribution in [0.2, 0.25) is 0 Å². The number of nitrogens with zero attached hydrogens (tertiary/aromatic N) is 1. The van der Waals surface area contributed by atoms with E-state index in [0.29, 0.717) is 12.2 Å². The maximum atomic E-state index is 11.9. The van der Waals surface area contributed by atoms with Crippen molar-refractivity contribution >= 4 is 5.78 Å². The number of hydrogen-bond acceptors (Lipinski definition) is 2. The molecule has 0 atom stereocenters. The van der Waals surface area contributed by atoms with Gasteiger partial charge in [0.2, 0.25) is 0 Å². The molecule has 0 aromatic carbocycles. The number of nitrogens with one attached hydrogen (secondary N) is 1. The highest BCUT2D eigenvalue weighted by Crippen LogP contribution is 2.29. The van der Waals surface area contributed by atoms with Crippen LogP contribution >= 0.6 is 0 Å². The SMILES string of the molecule is CC1CCC(C(=O)Cc2ncc[nH]2)CC1. The second kappa shape index (κ2) is 4.60. The Kier molecular flexibility index (Phi) is 3.19. The van der Waals surface area contributed by atoms with Gasteiger partial charge in [-0.3, -0.25) is 4.79 Å². The molecule has 0 saturated heterocycles. The molecule has 0 spiro atoms. The third-order valence-electron chi connectivity index (χ3n) is 3.37. The van der Waals surface area contributed by atoms with Crippen LogP contribution in [0.1, 0.15) is 38.4 Å². The minimum atomic E-state index is 0.284. The highest BCUT2D eigenvalue weighted by Gasteiger charge is 2.24. The van der Waals surface area contributed by atoms with Crippen LogP contribution in [0.15, 0.2) is 12.4 Å². The molecule has 0 bridgehead atoms. The highest BCUT2D eigenvalue weighted by molar-refractivity contribution is 5.82. The van der Waals surface area contributed by atoms with Crippen LogP contribution in [0.4, 0.5) is 0 Å². The number of Topliss-reactive ketones (excluding diaryl/α,β-unsaturated/α-hetero) is 1. The van der Waals surface area contributed by atoms with Crippen LogP contribution < -0.4 is 0 Å². The first-order valence-corrected chi connectivity index (χ1v) is 5.76. The standard InChI is InChI=1S/C12H18N2O/c1-9-2-4-10(5-3-9)11(15)8-12-13-6-7-14-12/h6-7,9-10H,2-5,8H2,1H3,(H,13,14). The summed E-state index contributed by atoms with van der Waals surface area (Å²) in [5.41, 5.74) is 0. The molecule has 1 saturated carbocycles. The highest BCUT2D eigenvalue weighted by atomic mass is 16.1. The molecule has 1 aliphatic rings. The van der Waals surface area contributed by atoms with Gasteiger partial charge in [0, 0.05) is 18.3 Å². The molecular weight excluding hydrogens is 188 g/mol. The molecule has 1 fully saturated rings. The van der Waals surface area contributed by atoms with Gasteiger partial charge in [0.25, 0.3) is 0 Å². The molecular formula is C12H18N2O. The second-order valence-electron chi connectivity index (χ2n) is 4.64. The van der Waals surface area contributed by atoms with Gasteiger partial charge in [0.15, 0.2) is 0 Å². The van der Waals surface area contributed by atoms with Crippen molar-refractivity contribution in [1.82, 2.24) is 9.97 Å². The molecule has 1 aliphatic carbocycles. The number of ketones is 1. The van der Waals surface area contributed by atoms with E-state index in [1.54, 1.807) is 12.4 Å². The van der Waals surface area contributed by atoms with Crippen molar-refractivity contribution in [2.24, 2.45) is 11.8 Å². The van der Waals surface area contributed by atoms with Gasteiger partial charge in [-0.15, -0.1) is 0 Å². The monoisotopic (exact) mass is 206 g/mol. The zero-order chi connectivity index (χ0) is 10.7. The topological polar surface area (TPSA) is 45.8 Å². The Balaban J connectivity index is 1.86. The number of carbonyl (C=O) groups excluding carboxylic acids is 1. The normalized spacial score (nSPS) is 26.5. The lowest BCUT2D eigenvalue weighted by Crippen LogP contribution is -2.22. The Hall–Kier alpha value is -1.12. The summed E-state index contributed by atoms with van der Waals surface area (Å²) < 4.78 is 0. The van der Waals surface area contributed by atoms with Gasteiger partial charge in [0.05, 0.1) is 6.42 Å². The smallest absolute Gasteiger partial charge is 0.143 e. The number of aromatic nitrogens is 2. The number of rotatable bonds is 3. The van der Waals surface area contributed by atoms with Gasteiger partial charge < -0.3 is 4.98 Å². The molecule has 3 heteroatoms. The first kappa shape index (κ1) is 10.4. The van der Waals surface area contributed by atoms with E-state index >= 15 is 0 Å². The van der Waals surface area contributed by atoms with E-state index in [-0.39, 0.29) is 5.92 Å². The van der Waals surface area contributed by atoms with Gasteiger partial charge in [-0.1, -0.05) is 19.8 Å². The lowest BCUT2D eigenvalue weighted by atomic mass is 9.80. The zero-order valence-electron chi connectivity index (χ0n) is 9.20. The Bertz CT molecular complexity index is 310. The Morgan fingerprint density at radius 1 is 1.47 bits per heavy atom. The third-order valence-corrected chi connectivity index (χ3v) is 3.37. The van der Waals surface area contributed by atoms with Crippen LogP contribution in [0.5, 0.6) is 0 Å². The predicted octanol–water partition coefficient (Wildman–Crippen LogP) is 2.35. The van der Waals surface area contributed by atoms with Crippen molar-refractivity contribution in [2.45, 2.75) is 39.0 Å². The molecule has 15 heavy (non-hydrogen) atoms. The maximum absolute atomic E-state index is 11.9. The zero-order valence-corrected chi connectivity index (χ0v) is 9.20. The van der Waals surface area contributed by atoms with E-state index in [4.69, 9.17) is 0 Å². The van der Waals surface area contributed by atoms with Crippen molar-refractivity contribution < 1.29 is 4.79 Å². The van der Waals surface area contributed by atoms with Gasteiger partial charge in [0.1, 0.15) is 11.6 Å². The summed E-state index contributed by atoms with van der Waals surface area (Å²) in [5, 5.41) is 0. The van der Waals surface area contributed by atoms with Gasteiger partial charge in [-0.2, -0.15) is 0 Å². The van der Waals surface area contributed by atoms with Crippen molar-refractivity contribution in [3.8, 4) is 0 Å². The molecule has 1 heterocycles.